The van der Waals surface area contributed by atoms with E-state index in [4.69, 9.17) is 14.9 Å². The lowest BCUT2D eigenvalue weighted by Crippen LogP contribution is -2.41. The zero-order chi connectivity index (χ0) is 14.4. The van der Waals surface area contributed by atoms with Crippen LogP contribution < -0.4 is 10.1 Å². The molecule has 0 spiro atoms. The molecule has 0 fully saturated rings. The minimum atomic E-state index is -1.18. The highest BCUT2D eigenvalue weighted by Crippen LogP contribution is 2.18. The van der Waals surface area contributed by atoms with E-state index in [0.717, 1.165) is 5.56 Å². The predicted octanol–water partition coefficient (Wildman–Crippen LogP) is 0.569. The predicted molar refractivity (Wildman–Crippen MR) is 68.3 cm³/mol. The van der Waals surface area contributed by atoms with Crippen LogP contribution in [0.25, 0.3) is 0 Å². The van der Waals surface area contributed by atoms with Crippen LogP contribution in [0.4, 0.5) is 0 Å². The summed E-state index contributed by atoms with van der Waals surface area (Å²) in [6.45, 7) is 1.53. The third-order valence-corrected chi connectivity index (χ3v) is 2.69. The van der Waals surface area contributed by atoms with Gasteiger partial charge in [0.05, 0.1) is 7.11 Å². The van der Waals surface area contributed by atoms with Gasteiger partial charge in [0, 0.05) is 18.6 Å². The zero-order valence-electron chi connectivity index (χ0n) is 10.8. The van der Waals surface area contributed by atoms with Gasteiger partial charge in [-0.1, -0.05) is 6.07 Å². The van der Waals surface area contributed by atoms with Crippen molar-refractivity contribution in [3.8, 4) is 5.75 Å². The number of nitrogens with one attached hydrogen (secondary N) is 1. The maximum atomic E-state index is 11.9. The number of aliphatic carboxylic acids is 1. The second-order valence-corrected chi connectivity index (χ2v) is 4.06. The highest BCUT2D eigenvalue weighted by Gasteiger charge is 2.20. The largest absolute Gasteiger partial charge is 0.496 e. The number of rotatable bonds is 6. The second kappa shape index (κ2) is 6.75. The van der Waals surface area contributed by atoms with Crippen molar-refractivity contribution in [3.63, 3.8) is 0 Å². The Morgan fingerprint density at radius 2 is 2.11 bits per heavy atom. The maximum absolute atomic E-state index is 11.9. The quantitative estimate of drug-likeness (QED) is 0.700. The molecule has 1 rings (SSSR count). The summed E-state index contributed by atoms with van der Waals surface area (Å²) in [5, 5.41) is 20.0. The van der Waals surface area contributed by atoms with E-state index in [9.17, 15) is 9.59 Å². The topological polar surface area (TPSA) is 95.9 Å². The Balaban J connectivity index is 2.85. The van der Waals surface area contributed by atoms with E-state index in [1.54, 1.807) is 18.2 Å². The number of benzene rings is 1. The number of ether oxygens (including phenoxy) is 1. The maximum Gasteiger partial charge on any atom is 0.326 e. The van der Waals surface area contributed by atoms with Gasteiger partial charge in [0.25, 0.3) is 5.91 Å². The molecule has 0 heterocycles. The van der Waals surface area contributed by atoms with E-state index in [-0.39, 0.29) is 13.0 Å². The lowest BCUT2D eigenvalue weighted by Gasteiger charge is -2.14. The van der Waals surface area contributed by atoms with Crippen LogP contribution in [-0.4, -0.2) is 41.8 Å². The van der Waals surface area contributed by atoms with Crippen molar-refractivity contribution in [3.05, 3.63) is 29.3 Å². The highest BCUT2D eigenvalue weighted by molar-refractivity contribution is 5.97. The molecule has 104 valence electrons. The summed E-state index contributed by atoms with van der Waals surface area (Å²) < 4.78 is 5.10. The van der Waals surface area contributed by atoms with Gasteiger partial charge in [-0.25, -0.2) is 4.79 Å². The van der Waals surface area contributed by atoms with E-state index in [2.05, 4.69) is 5.32 Å². The Labute approximate surface area is 111 Å². The van der Waals surface area contributed by atoms with Gasteiger partial charge in [-0.05, 0) is 24.6 Å². The van der Waals surface area contributed by atoms with Crippen LogP contribution in [0.3, 0.4) is 0 Å². The summed E-state index contributed by atoms with van der Waals surface area (Å²) in [5.41, 5.74) is 1.19. The van der Waals surface area contributed by atoms with Crippen LogP contribution in [0.2, 0.25) is 0 Å². The fourth-order valence-corrected chi connectivity index (χ4v) is 1.59. The van der Waals surface area contributed by atoms with Crippen molar-refractivity contribution >= 4 is 11.9 Å². The number of amides is 1. The zero-order valence-corrected chi connectivity index (χ0v) is 10.8. The Hall–Kier alpha value is -2.08. The van der Waals surface area contributed by atoms with Gasteiger partial charge in [-0.2, -0.15) is 0 Å². The average molecular weight is 267 g/mol. The summed E-state index contributed by atoms with van der Waals surface area (Å²) in [6.07, 6.45) is -0.0376. The molecule has 1 aromatic rings. The number of hydrogen-bond acceptors (Lipinski definition) is 4. The third kappa shape index (κ3) is 3.96. The monoisotopic (exact) mass is 267 g/mol. The van der Waals surface area contributed by atoms with E-state index in [1.165, 1.54) is 7.11 Å². The SMILES string of the molecule is COc1cc(C(=O)NC(CCO)C(=O)O)ccc1C. The van der Waals surface area contributed by atoms with Crippen molar-refractivity contribution in [1.82, 2.24) is 5.32 Å². The smallest absolute Gasteiger partial charge is 0.326 e. The minimum absolute atomic E-state index is 0.0376. The summed E-state index contributed by atoms with van der Waals surface area (Å²) in [5.74, 6) is -1.14. The molecule has 3 N–H and O–H groups in total. The lowest BCUT2D eigenvalue weighted by atomic mass is 10.1. The molecule has 0 aliphatic heterocycles. The molecule has 1 atom stereocenters. The van der Waals surface area contributed by atoms with Gasteiger partial charge in [-0.3, -0.25) is 4.79 Å². The van der Waals surface area contributed by atoms with Gasteiger partial charge in [0.2, 0.25) is 0 Å². The van der Waals surface area contributed by atoms with Gasteiger partial charge in [0.15, 0.2) is 0 Å². The van der Waals surface area contributed by atoms with Crippen LogP contribution in [0, 0.1) is 6.92 Å². The molecular formula is C13H17NO5. The second-order valence-electron chi connectivity index (χ2n) is 4.06. The first-order valence-corrected chi connectivity index (χ1v) is 5.78. The Morgan fingerprint density at radius 3 is 2.63 bits per heavy atom. The Kier molecular flexibility index (Phi) is 5.32. The number of methoxy groups -OCH3 is 1. The van der Waals surface area contributed by atoms with Crippen LogP contribution in [0.15, 0.2) is 18.2 Å². The molecule has 6 nitrogen and oxygen atoms in total. The summed E-state index contributed by atoms with van der Waals surface area (Å²) in [6, 6.07) is 3.74. The van der Waals surface area contributed by atoms with Crippen LogP contribution in [-0.2, 0) is 4.79 Å². The molecule has 0 radical (unpaired) electrons. The van der Waals surface area contributed by atoms with E-state index in [1.807, 2.05) is 6.92 Å². The first-order chi connectivity index (χ1) is 8.99. The summed E-state index contributed by atoms with van der Waals surface area (Å²) >= 11 is 0. The van der Waals surface area contributed by atoms with Gasteiger partial charge in [-0.15, -0.1) is 0 Å². The first-order valence-electron chi connectivity index (χ1n) is 5.78. The Bertz CT molecular complexity index is 472. The molecule has 0 saturated carbocycles. The van der Waals surface area contributed by atoms with E-state index in [0.29, 0.717) is 11.3 Å². The van der Waals surface area contributed by atoms with Crippen LogP contribution in [0.5, 0.6) is 5.75 Å². The summed E-state index contributed by atoms with van der Waals surface area (Å²) in [4.78, 5) is 22.8. The molecule has 0 aliphatic carbocycles. The third-order valence-electron chi connectivity index (χ3n) is 2.69. The van der Waals surface area contributed by atoms with Crippen molar-refractivity contribution < 1.29 is 24.5 Å². The average Bonchev–Trinajstić information content (AvgIpc) is 2.38. The van der Waals surface area contributed by atoms with Crippen molar-refractivity contribution in [2.45, 2.75) is 19.4 Å². The lowest BCUT2D eigenvalue weighted by molar-refractivity contribution is -0.139. The number of carbonyl (C=O) groups excluding carboxylic acids is 1. The number of hydrogen-bond donors (Lipinski definition) is 3. The molecule has 1 unspecified atom stereocenters. The molecule has 1 aromatic carbocycles. The molecule has 0 aromatic heterocycles. The first kappa shape index (κ1) is 15.0. The fraction of sp³-hybridized carbons (Fsp3) is 0.385. The van der Waals surface area contributed by atoms with Gasteiger partial charge >= 0.3 is 5.97 Å². The molecule has 6 heteroatoms. The number of carboxylic acids is 1. The standard InChI is InChI=1S/C13H17NO5/c1-8-3-4-9(7-11(8)19-2)12(16)14-10(5-6-15)13(17)18/h3-4,7,10,15H,5-6H2,1-2H3,(H,14,16)(H,17,18). The Morgan fingerprint density at radius 1 is 1.42 bits per heavy atom. The minimum Gasteiger partial charge on any atom is -0.496 e. The number of carboxylic acid groups (broad SMARTS) is 1. The van der Waals surface area contributed by atoms with E-state index >= 15 is 0 Å². The number of aliphatic hydroxyl groups excluding tert-OH is 1. The summed E-state index contributed by atoms with van der Waals surface area (Å²) in [7, 11) is 1.50. The molecule has 1 amide bonds. The molecule has 0 bridgehead atoms. The molecule has 0 aliphatic rings. The molecule has 0 saturated heterocycles. The van der Waals surface area contributed by atoms with Crippen molar-refractivity contribution in [2.75, 3.05) is 13.7 Å². The fourth-order valence-electron chi connectivity index (χ4n) is 1.59. The molecule has 19 heavy (non-hydrogen) atoms. The van der Waals surface area contributed by atoms with Crippen LogP contribution >= 0.6 is 0 Å². The van der Waals surface area contributed by atoms with Crippen molar-refractivity contribution in [1.29, 1.82) is 0 Å². The molecular weight excluding hydrogens is 250 g/mol. The normalized spacial score (nSPS) is 11.7. The highest BCUT2D eigenvalue weighted by atomic mass is 16.5. The number of carbonyl (C=O) groups is 2. The number of aliphatic hydroxyl groups is 1. The van der Waals surface area contributed by atoms with Gasteiger partial charge in [0.1, 0.15) is 11.8 Å². The van der Waals surface area contributed by atoms with Crippen LogP contribution in [0.1, 0.15) is 22.3 Å². The van der Waals surface area contributed by atoms with E-state index < -0.39 is 17.9 Å². The van der Waals surface area contributed by atoms with Gasteiger partial charge < -0.3 is 20.3 Å². The number of aryl methyl sites for hydroxylation is 1. The van der Waals surface area contributed by atoms with Crippen molar-refractivity contribution in [2.24, 2.45) is 0 Å².